The van der Waals surface area contributed by atoms with Gasteiger partial charge in [-0.15, -0.1) is 0 Å². The first-order valence-electron chi connectivity index (χ1n) is 5.86. The molecule has 12 heteroatoms. The van der Waals surface area contributed by atoms with E-state index < -0.39 is 35.1 Å². The van der Waals surface area contributed by atoms with Gasteiger partial charge in [0.2, 0.25) is 0 Å². The predicted molar refractivity (Wildman–Crippen MR) is 73.9 cm³/mol. The van der Waals surface area contributed by atoms with Crippen LogP contribution in [0, 0.1) is 0 Å². The first kappa shape index (κ1) is 19.8. The second-order valence-electron chi connectivity index (χ2n) is 4.09. The molecule has 0 aliphatic carbocycles. The summed E-state index contributed by atoms with van der Waals surface area (Å²) in [5.41, 5.74) is -5.75. The number of methoxy groups -OCH3 is 1. The van der Waals surface area contributed by atoms with E-state index in [1.165, 1.54) is 19.2 Å². The molecule has 0 aliphatic rings. The van der Waals surface area contributed by atoms with Crippen molar-refractivity contribution in [3.63, 3.8) is 0 Å². The topological polar surface area (TPSA) is 88.1 Å². The van der Waals surface area contributed by atoms with Crippen LogP contribution in [0.25, 0.3) is 0 Å². The molecule has 0 bridgehead atoms. The lowest BCUT2D eigenvalue weighted by atomic mass is 10.2. The summed E-state index contributed by atoms with van der Waals surface area (Å²) in [7, 11) is -6.10. The van der Waals surface area contributed by atoms with Crippen molar-refractivity contribution in [2.45, 2.75) is 11.7 Å². The molecule has 0 saturated heterocycles. The van der Waals surface area contributed by atoms with E-state index in [0.29, 0.717) is 0 Å². The normalized spacial score (nSPS) is 13.0. The molecule has 0 radical (unpaired) electrons. The Balaban J connectivity index is 3.31. The summed E-state index contributed by atoms with van der Waals surface area (Å²) in [6, 6.07) is 3.31. The molecule has 0 heterocycles. The molecule has 1 aromatic carbocycles. The molecule has 7 nitrogen and oxygen atoms in total. The van der Waals surface area contributed by atoms with Crippen LogP contribution in [0.15, 0.2) is 18.2 Å². The number of rotatable bonds is 7. The molecule has 132 valence electrons. The van der Waals surface area contributed by atoms with Crippen LogP contribution in [0.2, 0.25) is 0 Å². The van der Waals surface area contributed by atoms with Gasteiger partial charge in [0, 0.05) is 19.8 Å². The van der Waals surface area contributed by atoms with Gasteiger partial charge in [0.05, 0.1) is 13.3 Å². The summed E-state index contributed by atoms with van der Waals surface area (Å²) in [5, 5.41) is 0. The zero-order valence-electron chi connectivity index (χ0n) is 12.3. The lowest BCUT2D eigenvalue weighted by molar-refractivity contribution is -0.0500. The number of alkyl halides is 3. The molecule has 0 spiro atoms. The Morgan fingerprint density at radius 3 is 2.13 bits per heavy atom. The maximum atomic E-state index is 12.4. The average molecular weight is 378 g/mol. The average Bonchev–Trinajstić information content (AvgIpc) is 2.47. The summed E-state index contributed by atoms with van der Waals surface area (Å²) in [6.07, 6.45) is -0.514. The van der Waals surface area contributed by atoms with Gasteiger partial charge in [0.25, 0.3) is 0 Å². The summed E-state index contributed by atoms with van der Waals surface area (Å²) in [5.74, 6) is -0.465. The zero-order chi connectivity index (χ0) is 17.9. The van der Waals surface area contributed by atoms with Gasteiger partial charge in [-0.25, -0.2) is 0 Å². The lowest BCUT2D eigenvalue weighted by Crippen LogP contribution is -2.28. The number of hydrogen-bond acceptors (Lipinski definition) is 7. The number of benzene rings is 1. The van der Waals surface area contributed by atoms with E-state index in [1.54, 1.807) is 0 Å². The second-order valence-corrected chi connectivity index (χ2v) is 7.90. The third kappa shape index (κ3) is 4.84. The quantitative estimate of drug-likeness (QED) is 0.409. The number of ether oxygens (including phenoxy) is 1. The van der Waals surface area contributed by atoms with Crippen LogP contribution in [0.3, 0.4) is 0 Å². The highest BCUT2D eigenvalue weighted by Crippen LogP contribution is 2.51. The monoisotopic (exact) mass is 378 g/mol. The van der Waals surface area contributed by atoms with Crippen molar-refractivity contribution in [3.8, 4) is 11.5 Å². The fraction of sp³-hybridized carbons (Fsp3) is 0.455. The predicted octanol–water partition coefficient (Wildman–Crippen LogP) is 2.91. The minimum atomic E-state index is -5.87. The van der Waals surface area contributed by atoms with Crippen molar-refractivity contribution in [2.24, 2.45) is 0 Å². The molecule has 1 aromatic rings. The highest BCUT2D eigenvalue weighted by Gasteiger charge is 2.49. The van der Waals surface area contributed by atoms with Crippen molar-refractivity contribution in [1.82, 2.24) is 0 Å². The fourth-order valence-corrected chi connectivity index (χ4v) is 3.03. The van der Waals surface area contributed by atoms with E-state index in [4.69, 9.17) is 4.74 Å². The molecule has 23 heavy (non-hydrogen) atoms. The van der Waals surface area contributed by atoms with Gasteiger partial charge < -0.3 is 18.0 Å². The molecule has 0 aliphatic heterocycles. The second kappa shape index (κ2) is 7.08. The Labute approximate surface area is 131 Å². The van der Waals surface area contributed by atoms with Crippen molar-refractivity contribution < 1.29 is 44.1 Å². The Morgan fingerprint density at radius 1 is 1.13 bits per heavy atom. The first-order chi connectivity index (χ1) is 10.5. The van der Waals surface area contributed by atoms with Crippen LogP contribution < -0.4 is 8.92 Å². The van der Waals surface area contributed by atoms with Crippen LogP contribution in [-0.4, -0.2) is 35.3 Å². The largest absolute Gasteiger partial charge is 0.534 e. The van der Waals surface area contributed by atoms with Gasteiger partial charge >= 0.3 is 23.2 Å². The van der Waals surface area contributed by atoms with E-state index in [2.05, 4.69) is 13.2 Å². The molecule has 0 atom stereocenters. The Morgan fingerprint density at radius 2 is 1.70 bits per heavy atom. The van der Waals surface area contributed by atoms with E-state index in [9.17, 15) is 26.2 Å². The molecule has 0 N–H and O–H groups in total. The van der Waals surface area contributed by atoms with Crippen LogP contribution in [0.5, 0.6) is 11.5 Å². The SMILES string of the molecule is COc1ccc(OS(=O)(=O)C(F)(F)F)c(CP(=O)(OC)OC)c1. The molecule has 0 amide bonds. The summed E-state index contributed by atoms with van der Waals surface area (Å²) in [4.78, 5) is 0. The highest BCUT2D eigenvalue weighted by molar-refractivity contribution is 7.88. The Hall–Kier alpha value is -1.29. The van der Waals surface area contributed by atoms with Crippen LogP contribution in [-0.2, 0) is 29.9 Å². The van der Waals surface area contributed by atoms with Crippen molar-refractivity contribution >= 4 is 17.7 Å². The Bertz CT molecular complexity index is 694. The molecule has 1 rings (SSSR count). The molecule has 0 saturated carbocycles. The smallest absolute Gasteiger partial charge is 0.497 e. The first-order valence-corrected chi connectivity index (χ1v) is 9.00. The maximum absolute atomic E-state index is 12.4. The molecular formula is C11H14F3O7PS. The number of halogens is 3. The molecule has 0 unspecified atom stereocenters. The van der Waals surface area contributed by atoms with Gasteiger partial charge in [-0.2, -0.15) is 21.6 Å². The van der Waals surface area contributed by atoms with E-state index >= 15 is 0 Å². The third-order valence-electron chi connectivity index (χ3n) is 2.67. The van der Waals surface area contributed by atoms with Crippen LogP contribution in [0.1, 0.15) is 5.56 Å². The fourth-order valence-electron chi connectivity index (χ4n) is 1.47. The van der Waals surface area contributed by atoms with Gasteiger partial charge in [-0.3, -0.25) is 4.57 Å². The lowest BCUT2D eigenvalue weighted by Gasteiger charge is -2.17. The summed E-state index contributed by atoms with van der Waals surface area (Å²) in [6.45, 7) is 0. The van der Waals surface area contributed by atoms with Crippen molar-refractivity contribution in [2.75, 3.05) is 21.3 Å². The highest BCUT2D eigenvalue weighted by atomic mass is 32.2. The minimum Gasteiger partial charge on any atom is -0.497 e. The zero-order valence-corrected chi connectivity index (χ0v) is 14.0. The van der Waals surface area contributed by atoms with Crippen molar-refractivity contribution in [1.29, 1.82) is 0 Å². The van der Waals surface area contributed by atoms with E-state index in [1.807, 2.05) is 0 Å². The Kier molecular flexibility index (Phi) is 6.08. The van der Waals surface area contributed by atoms with Gasteiger partial charge in [0.1, 0.15) is 11.5 Å². The molecule has 0 fully saturated rings. The van der Waals surface area contributed by atoms with Crippen molar-refractivity contribution in [3.05, 3.63) is 23.8 Å². The third-order valence-corrected chi connectivity index (χ3v) is 5.48. The summed E-state index contributed by atoms with van der Waals surface area (Å²) < 4.78 is 90.0. The maximum Gasteiger partial charge on any atom is 0.534 e. The van der Waals surface area contributed by atoms with Gasteiger partial charge in [0.15, 0.2) is 0 Å². The van der Waals surface area contributed by atoms with E-state index in [-0.39, 0.29) is 11.3 Å². The van der Waals surface area contributed by atoms with Crippen LogP contribution in [0.4, 0.5) is 13.2 Å². The summed E-state index contributed by atoms with van der Waals surface area (Å²) >= 11 is 0. The minimum absolute atomic E-state index is 0.149. The van der Waals surface area contributed by atoms with E-state index in [0.717, 1.165) is 20.3 Å². The van der Waals surface area contributed by atoms with Crippen LogP contribution >= 0.6 is 7.60 Å². The number of hydrogen-bond donors (Lipinski definition) is 0. The van der Waals surface area contributed by atoms with Gasteiger partial charge in [-0.1, -0.05) is 0 Å². The standard InChI is InChI=1S/C11H14F3O7PS/c1-18-9-4-5-10(21-23(16,17)11(12,13)14)8(6-9)7-22(15,19-2)20-3/h4-6H,7H2,1-3H3. The molecule has 0 aromatic heterocycles. The molecular weight excluding hydrogens is 364 g/mol. The van der Waals surface area contributed by atoms with Gasteiger partial charge in [-0.05, 0) is 18.2 Å².